The maximum atomic E-state index is 14.0. The van der Waals surface area contributed by atoms with E-state index in [0.29, 0.717) is 25.9 Å². The fourth-order valence-electron chi connectivity index (χ4n) is 5.97. The highest BCUT2D eigenvalue weighted by Gasteiger charge is 2.78. The molecule has 0 aromatic rings. The Bertz CT molecular complexity index is 800. The summed E-state index contributed by atoms with van der Waals surface area (Å²) in [6.45, 7) is 13.7. The van der Waals surface area contributed by atoms with Gasteiger partial charge in [-0.1, -0.05) is 38.5 Å². The monoisotopic (exact) mass is 462 g/mol. The van der Waals surface area contributed by atoms with Gasteiger partial charge in [0.2, 0.25) is 11.8 Å². The molecule has 3 aliphatic rings. The van der Waals surface area contributed by atoms with Gasteiger partial charge in [0.1, 0.15) is 24.2 Å². The molecule has 184 valence electrons. The summed E-state index contributed by atoms with van der Waals surface area (Å²) < 4.78 is 11.9. The number of carbonyl (C=O) groups excluding carboxylic acids is 3. The molecule has 0 aromatic heterocycles. The van der Waals surface area contributed by atoms with E-state index < -0.39 is 41.1 Å². The third-order valence-corrected chi connectivity index (χ3v) is 7.48. The highest BCUT2D eigenvalue weighted by Crippen LogP contribution is 2.63. The molecule has 0 saturated carbocycles. The number of aliphatic hydroxyl groups is 1. The van der Waals surface area contributed by atoms with E-state index in [0.717, 1.165) is 19.3 Å². The van der Waals surface area contributed by atoms with Gasteiger partial charge in [-0.15, -0.1) is 6.58 Å². The van der Waals surface area contributed by atoms with Crippen LogP contribution in [0.4, 0.5) is 0 Å². The van der Waals surface area contributed by atoms with E-state index in [1.807, 2.05) is 6.92 Å². The SMILES string of the molecule is C=CCOC(=O)[C@@H]1[C@H]2C(=O)N([C@H](C)CO)C(C(=O)N(CC=C)CCCCC)C23CC[C@@]1(C)O3. The van der Waals surface area contributed by atoms with Crippen molar-refractivity contribution in [2.24, 2.45) is 11.8 Å². The lowest BCUT2D eigenvalue weighted by atomic mass is 9.66. The van der Waals surface area contributed by atoms with E-state index in [4.69, 9.17) is 9.47 Å². The molecule has 6 atom stereocenters. The topological polar surface area (TPSA) is 96.4 Å². The molecular weight excluding hydrogens is 424 g/mol. The zero-order valence-electron chi connectivity index (χ0n) is 20.1. The average Bonchev–Trinajstić information content (AvgIpc) is 3.36. The number of hydrogen-bond acceptors (Lipinski definition) is 6. The van der Waals surface area contributed by atoms with E-state index >= 15 is 0 Å². The molecule has 33 heavy (non-hydrogen) atoms. The number of fused-ring (bicyclic) bond motifs is 1. The maximum absolute atomic E-state index is 14.0. The third-order valence-electron chi connectivity index (χ3n) is 7.48. The second-order valence-electron chi connectivity index (χ2n) is 9.70. The number of unbranched alkanes of at least 4 members (excludes halogenated alkanes) is 2. The van der Waals surface area contributed by atoms with Gasteiger partial charge in [0, 0.05) is 13.1 Å². The van der Waals surface area contributed by atoms with Crippen molar-refractivity contribution in [1.82, 2.24) is 9.80 Å². The number of nitrogens with zero attached hydrogens (tertiary/aromatic N) is 2. The minimum atomic E-state index is -1.12. The number of aliphatic hydroxyl groups excluding tert-OH is 1. The van der Waals surface area contributed by atoms with Gasteiger partial charge in [-0.2, -0.15) is 0 Å². The van der Waals surface area contributed by atoms with E-state index in [1.165, 1.54) is 11.0 Å². The number of hydrogen-bond donors (Lipinski definition) is 1. The second kappa shape index (κ2) is 9.97. The fourth-order valence-corrected chi connectivity index (χ4v) is 5.97. The van der Waals surface area contributed by atoms with Crippen molar-refractivity contribution in [2.75, 3.05) is 26.3 Å². The molecule has 2 amide bonds. The summed E-state index contributed by atoms with van der Waals surface area (Å²) in [4.78, 5) is 44.0. The number of ether oxygens (including phenoxy) is 2. The van der Waals surface area contributed by atoms with Gasteiger partial charge in [-0.3, -0.25) is 14.4 Å². The van der Waals surface area contributed by atoms with Crippen molar-refractivity contribution in [3.8, 4) is 0 Å². The molecular formula is C25H38N2O6. The van der Waals surface area contributed by atoms with Crippen LogP contribution in [0.2, 0.25) is 0 Å². The van der Waals surface area contributed by atoms with Crippen LogP contribution in [0.5, 0.6) is 0 Å². The molecule has 2 bridgehead atoms. The molecule has 3 aliphatic heterocycles. The van der Waals surface area contributed by atoms with Gasteiger partial charge in [0.05, 0.1) is 24.2 Å². The Balaban J connectivity index is 2.02. The summed E-state index contributed by atoms with van der Waals surface area (Å²) in [5.74, 6) is -2.68. The van der Waals surface area contributed by atoms with Crippen LogP contribution in [-0.4, -0.2) is 82.3 Å². The molecule has 2 unspecified atom stereocenters. The summed E-state index contributed by atoms with van der Waals surface area (Å²) in [7, 11) is 0. The van der Waals surface area contributed by atoms with Crippen LogP contribution in [0.25, 0.3) is 0 Å². The van der Waals surface area contributed by atoms with Crippen molar-refractivity contribution in [3.63, 3.8) is 0 Å². The number of rotatable bonds is 12. The fraction of sp³-hybridized carbons (Fsp3) is 0.720. The summed E-state index contributed by atoms with van der Waals surface area (Å²) in [6.07, 6.45) is 7.06. The Morgan fingerprint density at radius 1 is 1.33 bits per heavy atom. The standard InChI is InChI=1S/C25H38N2O6/c1-6-9-10-14-26(13-7-2)22(30)20-25-12-11-24(5,33-25)19(23(31)32-15-8-3)18(25)21(29)27(20)17(4)16-28/h7-8,17-20,28H,2-3,6,9-16H2,1,4-5H3/t17-,18+,19+,20?,24-,25?/m1/s1. The molecule has 8 nitrogen and oxygen atoms in total. The number of likely N-dealkylation sites (tertiary alicyclic amines) is 1. The van der Waals surface area contributed by atoms with Crippen LogP contribution in [0.1, 0.15) is 52.9 Å². The van der Waals surface area contributed by atoms with Gasteiger partial charge >= 0.3 is 5.97 Å². The summed E-state index contributed by atoms with van der Waals surface area (Å²) in [6, 6.07) is -1.49. The van der Waals surface area contributed by atoms with Crippen LogP contribution in [0.15, 0.2) is 25.3 Å². The predicted octanol–water partition coefficient (Wildman–Crippen LogP) is 2.07. The van der Waals surface area contributed by atoms with Crippen molar-refractivity contribution in [3.05, 3.63) is 25.3 Å². The molecule has 3 heterocycles. The Morgan fingerprint density at radius 2 is 2.06 bits per heavy atom. The van der Waals surface area contributed by atoms with Gasteiger partial charge in [0.25, 0.3) is 0 Å². The molecule has 1 spiro atoms. The van der Waals surface area contributed by atoms with Crippen LogP contribution < -0.4 is 0 Å². The van der Waals surface area contributed by atoms with E-state index in [9.17, 15) is 19.5 Å². The molecule has 3 saturated heterocycles. The summed E-state index contributed by atoms with van der Waals surface area (Å²) in [5.41, 5.74) is -1.99. The van der Waals surface area contributed by atoms with E-state index in [-0.39, 0.29) is 25.0 Å². The largest absolute Gasteiger partial charge is 0.461 e. The Labute approximate surface area is 196 Å². The first kappa shape index (κ1) is 25.4. The highest BCUT2D eigenvalue weighted by atomic mass is 16.6. The smallest absolute Gasteiger partial charge is 0.313 e. The summed E-state index contributed by atoms with van der Waals surface area (Å²) in [5, 5.41) is 9.92. The minimum Gasteiger partial charge on any atom is -0.461 e. The number of esters is 1. The lowest BCUT2D eigenvalue weighted by Gasteiger charge is -2.38. The first-order chi connectivity index (χ1) is 15.7. The Morgan fingerprint density at radius 3 is 2.67 bits per heavy atom. The Kier molecular flexibility index (Phi) is 7.69. The normalized spacial score (nSPS) is 33.0. The first-order valence-corrected chi connectivity index (χ1v) is 12.0. The zero-order valence-corrected chi connectivity index (χ0v) is 20.1. The Hall–Kier alpha value is -2.19. The summed E-state index contributed by atoms with van der Waals surface area (Å²) >= 11 is 0. The average molecular weight is 463 g/mol. The first-order valence-electron chi connectivity index (χ1n) is 12.0. The van der Waals surface area contributed by atoms with Gasteiger partial charge in [-0.05, 0) is 33.1 Å². The quantitative estimate of drug-likeness (QED) is 0.271. The van der Waals surface area contributed by atoms with Crippen molar-refractivity contribution in [2.45, 2.75) is 76.2 Å². The van der Waals surface area contributed by atoms with E-state index in [2.05, 4.69) is 20.1 Å². The number of amides is 2. The molecule has 3 rings (SSSR count). The molecule has 0 aliphatic carbocycles. The van der Waals surface area contributed by atoms with Crippen LogP contribution in [0.3, 0.4) is 0 Å². The van der Waals surface area contributed by atoms with Crippen molar-refractivity contribution >= 4 is 17.8 Å². The van der Waals surface area contributed by atoms with Gasteiger partial charge < -0.3 is 24.4 Å². The van der Waals surface area contributed by atoms with Crippen LogP contribution in [0, 0.1) is 11.8 Å². The van der Waals surface area contributed by atoms with Gasteiger partial charge in [-0.25, -0.2) is 0 Å². The predicted molar refractivity (Wildman–Crippen MR) is 123 cm³/mol. The van der Waals surface area contributed by atoms with Gasteiger partial charge in [0.15, 0.2) is 0 Å². The second-order valence-corrected chi connectivity index (χ2v) is 9.70. The van der Waals surface area contributed by atoms with Crippen molar-refractivity contribution < 1.29 is 29.0 Å². The van der Waals surface area contributed by atoms with Crippen LogP contribution >= 0.6 is 0 Å². The van der Waals surface area contributed by atoms with Crippen molar-refractivity contribution in [1.29, 1.82) is 0 Å². The van der Waals surface area contributed by atoms with E-state index in [1.54, 1.807) is 17.9 Å². The molecule has 3 fully saturated rings. The minimum absolute atomic E-state index is 0.0446. The third kappa shape index (κ3) is 4.12. The van der Waals surface area contributed by atoms with Crippen LogP contribution in [-0.2, 0) is 23.9 Å². The molecule has 0 aromatic carbocycles. The molecule has 0 radical (unpaired) electrons. The zero-order chi connectivity index (χ0) is 24.4. The highest BCUT2D eigenvalue weighted by molar-refractivity contribution is 5.98. The maximum Gasteiger partial charge on any atom is 0.313 e. The lowest BCUT2D eigenvalue weighted by molar-refractivity contribution is -0.161. The lowest BCUT2D eigenvalue weighted by Crippen LogP contribution is -2.58. The number of carbonyl (C=O) groups is 3. The molecule has 1 N–H and O–H groups in total. The molecule has 8 heteroatoms.